The van der Waals surface area contributed by atoms with Crippen LogP contribution in [-0.4, -0.2) is 18.6 Å². The molecule has 3 heteroatoms. The molecule has 1 amide bonds. The van der Waals surface area contributed by atoms with E-state index in [0.717, 1.165) is 11.3 Å². The molecule has 1 unspecified atom stereocenters. The van der Waals surface area contributed by atoms with Crippen molar-refractivity contribution in [2.75, 3.05) is 6.54 Å². The molecule has 1 N–H and O–H groups in total. The highest BCUT2D eigenvalue weighted by atomic mass is 16.5. The first kappa shape index (κ1) is 15.3. The molecule has 0 fully saturated rings. The average molecular weight is 261 g/mol. The van der Waals surface area contributed by atoms with Crippen molar-refractivity contribution in [1.82, 2.24) is 5.32 Å². The van der Waals surface area contributed by atoms with Gasteiger partial charge in [-0.3, -0.25) is 4.79 Å². The second-order valence-electron chi connectivity index (χ2n) is 4.97. The number of carbonyl (C=O) groups is 1. The summed E-state index contributed by atoms with van der Waals surface area (Å²) in [6, 6.07) is 6.13. The van der Waals surface area contributed by atoms with Gasteiger partial charge in [0.05, 0.1) is 0 Å². The van der Waals surface area contributed by atoms with Gasteiger partial charge in [0.25, 0.3) is 5.91 Å². The molecule has 0 bridgehead atoms. The molecule has 1 atom stereocenters. The van der Waals surface area contributed by atoms with Crippen LogP contribution in [0.3, 0.4) is 0 Å². The van der Waals surface area contributed by atoms with Gasteiger partial charge in [0.2, 0.25) is 0 Å². The highest BCUT2D eigenvalue weighted by Gasteiger charge is 2.15. The van der Waals surface area contributed by atoms with Crippen molar-refractivity contribution in [1.29, 1.82) is 0 Å². The van der Waals surface area contributed by atoms with Crippen molar-refractivity contribution in [3.05, 3.63) is 42.0 Å². The highest BCUT2D eigenvalue weighted by Crippen LogP contribution is 2.25. The maximum Gasteiger partial charge on any atom is 0.261 e. The van der Waals surface area contributed by atoms with Gasteiger partial charge in [0.1, 0.15) is 5.75 Å². The molecule has 0 heterocycles. The monoisotopic (exact) mass is 261 g/mol. The van der Waals surface area contributed by atoms with E-state index in [4.69, 9.17) is 4.74 Å². The summed E-state index contributed by atoms with van der Waals surface area (Å²) in [5.74, 6) is 1.08. The molecule has 0 aromatic heterocycles. The Labute approximate surface area is 115 Å². The fourth-order valence-electron chi connectivity index (χ4n) is 1.66. The third-order valence-corrected chi connectivity index (χ3v) is 2.97. The lowest BCUT2D eigenvalue weighted by molar-refractivity contribution is -0.127. The SMILES string of the molecule is C=CCNC(=O)C(C)Oc1cc(C(C)C)ccc1C. The van der Waals surface area contributed by atoms with E-state index >= 15 is 0 Å². The Kier molecular flexibility index (Phi) is 5.61. The minimum Gasteiger partial charge on any atom is -0.481 e. The Morgan fingerprint density at radius 3 is 2.68 bits per heavy atom. The molecular weight excluding hydrogens is 238 g/mol. The zero-order valence-electron chi connectivity index (χ0n) is 12.2. The summed E-state index contributed by atoms with van der Waals surface area (Å²) < 4.78 is 5.75. The molecular formula is C16H23NO2. The summed E-state index contributed by atoms with van der Waals surface area (Å²) in [7, 11) is 0. The van der Waals surface area contributed by atoms with Crippen LogP contribution in [0.15, 0.2) is 30.9 Å². The van der Waals surface area contributed by atoms with Crippen LogP contribution in [0.2, 0.25) is 0 Å². The lowest BCUT2D eigenvalue weighted by Gasteiger charge is -2.17. The van der Waals surface area contributed by atoms with E-state index < -0.39 is 6.10 Å². The third-order valence-electron chi connectivity index (χ3n) is 2.97. The van der Waals surface area contributed by atoms with Crippen LogP contribution in [0, 0.1) is 6.92 Å². The molecule has 0 aliphatic carbocycles. The van der Waals surface area contributed by atoms with Gasteiger partial charge in [-0.1, -0.05) is 32.1 Å². The van der Waals surface area contributed by atoms with Gasteiger partial charge < -0.3 is 10.1 Å². The second kappa shape index (κ2) is 6.98. The summed E-state index contributed by atoms with van der Waals surface area (Å²) in [6.45, 7) is 12.0. The molecule has 0 aliphatic rings. The maximum absolute atomic E-state index is 11.8. The molecule has 3 nitrogen and oxygen atoms in total. The Balaban J connectivity index is 2.77. The van der Waals surface area contributed by atoms with Crippen LogP contribution >= 0.6 is 0 Å². The standard InChI is InChI=1S/C16H23NO2/c1-6-9-17-16(18)13(5)19-15-10-14(11(2)3)8-7-12(15)4/h6-8,10-11,13H,1,9H2,2-5H3,(H,17,18). The van der Waals surface area contributed by atoms with Crippen LogP contribution < -0.4 is 10.1 Å². The quantitative estimate of drug-likeness (QED) is 0.799. The van der Waals surface area contributed by atoms with Gasteiger partial charge in [-0.2, -0.15) is 0 Å². The van der Waals surface area contributed by atoms with E-state index in [0.29, 0.717) is 12.5 Å². The Morgan fingerprint density at radius 2 is 2.11 bits per heavy atom. The Bertz CT molecular complexity index is 452. The number of benzene rings is 1. The number of nitrogens with one attached hydrogen (secondary N) is 1. The Hall–Kier alpha value is -1.77. The van der Waals surface area contributed by atoms with Crippen molar-refractivity contribution in [3.63, 3.8) is 0 Å². The molecule has 1 rings (SSSR count). The van der Waals surface area contributed by atoms with Crippen molar-refractivity contribution >= 4 is 5.91 Å². The summed E-state index contributed by atoms with van der Waals surface area (Å²) in [4.78, 5) is 11.8. The molecule has 0 saturated carbocycles. The summed E-state index contributed by atoms with van der Waals surface area (Å²) in [6.07, 6.45) is 1.14. The van der Waals surface area contributed by atoms with Crippen molar-refractivity contribution in [2.24, 2.45) is 0 Å². The first-order valence-electron chi connectivity index (χ1n) is 6.61. The van der Waals surface area contributed by atoms with E-state index in [1.807, 2.05) is 19.1 Å². The lowest BCUT2D eigenvalue weighted by Crippen LogP contribution is -2.36. The fourth-order valence-corrected chi connectivity index (χ4v) is 1.66. The van der Waals surface area contributed by atoms with Crippen LogP contribution in [0.4, 0.5) is 0 Å². The van der Waals surface area contributed by atoms with Crippen molar-refractivity contribution < 1.29 is 9.53 Å². The van der Waals surface area contributed by atoms with Gasteiger partial charge in [-0.05, 0) is 37.0 Å². The van der Waals surface area contributed by atoms with E-state index in [9.17, 15) is 4.79 Å². The molecule has 104 valence electrons. The van der Waals surface area contributed by atoms with Crippen LogP contribution in [0.1, 0.15) is 37.8 Å². The topological polar surface area (TPSA) is 38.3 Å². The summed E-state index contributed by atoms with van der Waals surface area (Å²) in [5.41, 5.74) is 2.24. The largest absolute Gasteiger partial charge is 0.481 e. The minimum absolute atomic E-state index is 0.130. The van der Waals surface area contributed by atoms with E-state index in [1.165, 1.54) is 5.56 Å². The second-order valence-corrected chi connectivity index (χ2v) is 4.97. The van der Waals surface area contributed by atoms with Crippen LogP contribution in [0.25, 0.3) is 0 Å². The average Bonchev–Trinajstić information content (AvgIpc) is 2.38. The first-order valence-corrected chi connectivity index (χ1v) is 6.61. The first-order chi connectivity index (χ1) is 8.95. The predicted octanol–water partition coefficient (Wildman–Crippen LogP) is 3.19. The van der Waals surface area contributed by atoms with Gasteiger partial charge >= 0.3 is 0 Å². The smallest absolute Gasteiger partial charge is 0.261 e. The highest BCUT2D eigenvalue weighted by molar-refractivity contribution is 5.80. The summed E-state index contributed by atoms with van der Waals surface area (Å²) in [5, 5.41) is 2.73. The molecule has 19 heavy (non-hydrogen) atoms. The lowest BCUT2D eigenvalue weighted by atomic mass is 10.0. The summed E-state index contributed by atoms with van der Waals surface area (Å²) >= 11 is 0. The fraction of sp³-hybridized carbons (Fsp3) is 0.438. The normalized spacial score (nSPS) is 12.1. The number of hydrogen-bond donors (Lipinski definition) is 1. The van der Waals surface area contributed by atoms with E-state index in [1.54, 1.807) is 13.0 Å². The molecule has 0 spiro atoms. The predicted molar refractivity (Wildman–Crippen MR) is 78.6 cm³/mol. The van der Waals surface area contributed by atoms with Gasteiger partial charge in [-0.25, -0.2) is 0 Å². The third kappa shape index (κ3) is 4.43. The molecule has 0 radical (unpaired) electrons. The number of ether oxygens (including phenoxy) is 1. The molecule has 1 aromatic rings. The molecule has 1 aromatic carbocycles. The molecule has 0 saturated heterocycles. The number of amides is 1. The number of carbonyl (C=O) groups excluding carboxylic acids is 1. The maximum atomic E-state index is 11.8. The van der Waals surface area contributed by atoms with Gasteiger partial charge in [-0.15, -0.1) is 6.58 Å². The van der Waals surface area contributed by atoms with E-state index in [2.05, 4.69) is 31.8 Å². The minimum atomic E-state index is -0.513. The zero-order chi connectivity index (χ0) is 14.4. The van der Waals surface area contributed by atoms with Gasteiger partial charge in [0.15, 0.2) is 6.10 Å². The molecule has 0 aliphatic heterocycles. The Morgan fingerprint density at radius 1 is 1.42 bits per heavy atom. The zero-order valence-corrected chi connectivity index (χ0v) is 12.2. The van der Waals surface area contributed by atoms with Crippen LogP contribution in [-0.2, 0) is 4.79 Å². The number of rotatable bonds is 6. The van der Waals surface area contributed by atoms with Crippen molar-refractivity contribution in [2.45, 2.75) is 39.7 Å². The van der Waals surface area contributed by atoms with E-state index in [-0.39, 0.29) is 5.91 Å². The van der Waals surface area contributed by atoms with Gasteiger partial charge in [0, 0.05) is 6.54 Å². The van der Waals surface area contributed by atoms with Crippen molar-refractivity contribution in [3.8, 4) is 5.75 Å². The number of aryl methyl sites for hydroxylation is 1. The number of hydrogen-bond acceptors (Lipinski definition) is 2. The van der Waals surface area contributed by atoms with Crippen LogP contribution in [0.5, 0.6) is 5.75 Å².